The van der Waals surface area contributed by atoms with Crippen molar-refractivity contribution in [1.82, 2.24) is 15.1 Å². The van der Waals surface area contributed by atoms with Gasteiger partial charge in [0.15, 0.2) is 0 Å². The van der Waals surface area contributed by atoms with Crippen LogP contribution in [-0.4, -0.2) is 54.8 Å². The molecule has 134 valence electrons. The lowest BCUT2D eigenvalue weighted by atomic mass is 10.1. The molecule has 0 bridgehead atoms. The maximum absolute atomic E-state index is 12.2. The molecule has 0 fully saturated rings. The third kappa shape index (κ3) is 4.91. The quantitative estimate of drug-likeness (QED) is 0.749. The van der Waals surface area contributed by atoms with Crippen LogP contribution in [0.2, 0.25) is 0 Å². The number of carbonyl (C=O) groups is 2. The molecule has 0 saturated heterocycles. The molecule has 0 radical (unpaired) electrons. The van der Waals surface area contributed by atoms with Crippen molar-refractivity contribution in [3.63, 3.8) is 0 Å². The summed E-state index contributed by atoms with van der Waals surface area (Å²) in [6, 6.07) is 5.79. The number of halogens is 1. The SMILES string of the molecule is CN(CC(=O)NCCN1CCc2sccc2C1)C(=O)c1ccc(Br)s1. The van der Waals surface area contributed by atoms with Crippen LogP contribution >= 0.6 is 38.6 Å². The van der Waals surface area contributed by atoms with Crippen molar-refractivity contribution >= 4 is 50.4 Å². The highest BCUT2D eigenvalue weighted by atomic mass is 79.9. The van der Waals surface area contributed by atoms with Gasteiger partial charge >= 0.3 is 0 Å². The van der Waals surface area contributed by atoms with Crippen molar-refractivity contribution in [2.24, 2.45) is 0 Å². The second-order valence-electron chi connectivity index (χ2n) is 6.01. The van der Waals surface area contributed by atoms with Crippen molar-refractivity contribution in [2.45, 2.75) is 13.0 Å². The van der Waals surface area contributed by atoms with Crippen LogP contribution in [0.3, 0.4) is 0 Å². The monoisotopic (exact) mass is 441 g/mol. The van der Waals surface area contributed by atoms with Gasteiger partial charge in [0.25, 0.3) is 5.91 Å². The van der Waals surface area contributed by atoms with E-state index < -0.39 is 0 Å². The summed E-state index contributed by atoms with van der Waals surface area (Å²) in [5.41, 5.74) is 1.41. The Kier molecular flexibility index (Phi) is 6.27. The van der Waals surface area contributed by atoms with Gasteiger partial charge in [-0.05, 0) is 51.5 Å². The predicted octanol–water partition coefficient (Wildman–Crippen LogP) is 2.82. The molecule has 25 heavy (non-hydrogen) atoms. The standard InChI is InChI=1S/C17H20BrN3O2S2/c1-20(17(23)14-2-3-15(18)25-14)11-16(22)19-6-8-21-7-4-13-12(10-21)5-9-24-13/h2-3,5,9H,4,6-8,10-11H2,1H3,(H,19,22). The molecule has 3 heterocycles. The summed E-state index contributed by atoms with van der Waals surface area (Å²) < 4.78 is 0.906. The Morgan fingerprint density at radius 3 is 2.96 bits per heavy atom. The van der Waals surface area contributed by atoms with Crippen LogP contribution in [0.4, 0.5) is 0 Å². The Labute approximate surface area is 163 Å². The maximum atomic E-state index is 12.2. The fraction of sp³-hybridized carbons (Fsp3) is 0.412. The Balaban J connectivity index is 1.39. The van der Waals surface area contributed by atoms with Gasteiger partial charge in [0, 0.05) is 38.1 Å². The largest absolute Gasteiger partial charge is 0.353 e. The third-order valence-electron chi connectivity index (χ3n) is 4.15. The summed E-state index contributed by atoms with van der Waals surface area (Å²) in [5, 5.41) is 5.06. The zero-order chi connectivity index (χ0) is 17.8. The van der Waals surface area contributed by atoms with Gasteiger partial charge in [-0.25, -0.2) is 0 Å². The smallest absolute Gasteiger partial charge is 0.264 e. The Bertz CT molecular complexity index is 759. The van der Waals surface area contributed by atoms with E-state index in [4.69, 9.17) is 0 Å². The second kappa shape index (κ2) is 8.44. The zero-order valence-electron chi connectivity index (χ0n) is 14.0. The van der Waals surface area contributed by atoms with Crippen LogP contribution in [-0.2, 0) is 17.8 Å². The van der Waals surface area contributed by atoms with Crippen LogP contribution in [0, 0.1) is 0 Å². The van der Waals surface area contributed by atoms with Crippen molar-refractivity contribution in [3.8, 4) is 0 Å². The van der Waals surface area contributed by atoms with E-state index in [1.807, 2.05) is 17.4 Å². The van der Waals surface area contributed by atoms with E-state index in [0.29, 0.717) is 11.4 Å². The Hall–Kier alpha value is -1.22. The summed E-state index contributed by atoms with van der Waals surface area (Å²) >= 11 is 6.54. The van der Waals surface area contributed by atoms with Gasteiger partial charge in [0.2, 0.25) is 5.91 Å². The van der Waals surface area contributed by atoms with E-state index in [2.05, 4.69) is 37.6 Å². The normalized spacial score (nSPS) is 14.2. The fourth-order valence-electron chi connectivity index (χ4n) is 2.81. The number of amides is 2. The van der Waals surface area contributed by atoms with Gasteiger partial charge in [-0.1, -0.05) is 0 Å². The van der Waals surface area contributed by atoms with Crippen LogP contribution in [0.5, 0.6) is 0 Å². The number of nitrogens with zero attached hydrogens (tertiary/aromatic N) is 2. The van der Waals surface area contributed by atoms with Gasteiger partial charge in [-0.3, -0.25) is 14.5 Å². The Morgan fingerprint density at radius 1 is 1.36 bits per heavy atom. The molecule has 0 aliphatic carbocycles. The number of rotatable bonds is 6. The van der Waals surface area contributed by atoms with E-state index in [1.54, 1.807) is 13.1 Å². The molecule has 5 nitrogen and oxygen atoms in total. The minimum atomic E-state index is -0.133. The molecule has 2 amide bonds. The molecular formula is C17H20BrN3O2S2. The first-order valence-corrected chi connectivity index (χ1v) is 10.6. The molecule has 1 aliphatic heterocycles. The number of likely N-dealkylation sites (N-methyl/N-ethyl adjacent to an activating group) is 1. The average molecular weight is 442 g/mol. The topological polar surface area (TPSA) is 52.7 Å². The van der Waals surface area contributed by atoms with Crippen molar-refractivity contribution < 1.29 is 9.59 Å². The predicted molar refractivity (Wildman–Crippen MR) is 105 cm³/mol. The highest BCUT2D eigenvalue weighted by molar-refractivity contribution is 9.11. The molecule has 3 rings (SSSR count). The summed E-state index contributed by atoms with van der Waals surface area (Å²) in [6.07, 6.45) is 1.09. The molecule has 0 atom stereocenters. The second-order valence-corrected chi connectivity index (χ2v) is 9.47. The fourth-order valence-corrected chi connectivity index (χ4v) is 5.08. The van der Waals surface area contributed by atoms with Crippen LogP contribution in [0.15, 0.2) is 27.4 Å². The number of carbonyl (C=O) groups excluding carboxylic acids is 2. The average Bonchev–Trinajstić information content (AvgIpc) is 3.22. The van der Waals surface area contributed by atoms with E-state index in [9.17, 15) is 9.59 Å². The Morgan fingerprint density at radius 2 is 2.20 bits per heavy atom. The summed E-state index contributed by atoms with van der Waals surface area (Å²) in [4.78, 5) is 30.2. The zero-order valence-corrected chi connectivity index (χ0v) is 17.2. The lowest BCUT2D eigenvalue weighted by molar-refractivity contribution is -0.121. The number of thiophene rings is 2. The number of hydrogen-bond donors (Lipinski definition) is 1. The van der Waals surface area contributed by atoms with Crippen LogP contribution < -0.4 is 5.32 Å². The first kappa shape index (κ1) is 18.6. The van der Waals surface area contributed by atoms with Crippen molar-refractivity contribution in [2.75, 3.05) is 33.2 Å². The highest BCUT2D eigenvalue weighted by Gasteiger charge is 2.18. The minimum Gasteiger partial charge on any atom is -0.353 e. The van der Waals surface area contributed by atoms with Gasteiger partial charge in [0.1, 0.15) is 0 Å². The van der Waals surface area contributed by atoms with Crippen LogP contribution in [0.25, 0.3) is 0 Å². The lowest BCUT2D eigenvalue weighted by Crippen LogP contribution is -2.42. The molecule has 8 heteroatoms. The molecule has 0 aromatic carbocycles. The summed E-state index contributed by atoms with van der Waals surface area (Å²) in [7, 11) is 1.65. The van der Waals surface area contributed by atoms with Gasteiger partial charge in [0.05, 0.1) is 15.2 Å². The number of nitrogens with one attached hydrogen (secondary N) is 1. The van der Waals surface area contributed by atoms with Gasteiger partial charge in [-0.15, -0.1) is 22.7 Å². The van der Waals surface area contributed by atoms with E-state index in [-0.39, 0.29) is 18.4 Å². The van der Waals surface area contributed by atoms with Crippen molar-refractivity contribution in [3.05, 3.63) is 42.7 Å². The van der Waals surface area contributed by atoms with E-state index in [1.165, 1.54) is 26.7 Å². The first-order valence-electron chi connectivity index (χ1n) is 8.08. The molecular weight excluding hydrogens is 422 g/mol. The van der Waals surface area contributed by atoms with Gasteiger partial charge < -0.3 is 10.2 Å². The first-order chi connectivity index (χ1) is 12.0. The lowest BCUT2D eigenvalue weighted by Gasteiger charge is -2.26. The van der Waals surface area contributed by atoms with Gasteiger partial charge in [-0.2, -0.15) is 0 Å². The maximum Gasteiger partial charge on any atom is 0.264 e. The molecule has 0 spiro atoms. The van der Waals surface area contributed by atoms with E-state index in [0.717, 1.165) is 29.8 Å². The molecule has 1 N–H and O–H groups in total. The highest BCUT2D eigenvalue weighted by Crippen LogP contribution is 2.24. The van der Waals surface area contributed by atoms with Crippen LogP contribution in [0.1, 0.15) is 20.1 Å². The van der Waals surface area contributed by atoms with E-state index >= 15 is 0 Å². The third-order valence-corrected chi connectivity index (χ3v) is 6.78. The summed E-state index contributed by atoms with van der Waals surface area (Å²) in [6.45, 7) is 3.50. The molecule has 0 saturated carbocycles. The molecule has 1 aliphatic rings. The minimum absolute atomic E-state index is 0.0725. The summed E-state index contributed by atoms with van der Waals surface area (Å²) in [5.74, 6) is -0.258. The number of fused-ring (bicyclic) bond motifs is 1. The number of hydrogen-bond acceptors (Lipinski definition) is 5. The van der Waals surface area contributed by atoms with Crippen molar-refractivity contribution in [1.29, 1.82) is 0 Å². The molecule has 0 unspecified atom stereocenters. The molecule has 2 aromatic rings. The molecule has 2 aromatic heterocycles.